The van der Waals surface area contributed by atoms with E-state index in [2.05, 4.69) is 6.07 Å². The summed E-state index contributed by atoms with van der Waals surface area (Å²) >= 11 is 0. The van der Waals surface area contributed by atoms with Gasteiger partial charge in [-0.3, -0.25) is 4.90 Å². The fraction of sp³-hybridized carbons (Fsp3) is 0.385. The number of hydrogen-bond acceptors (Lipinski definition) is 3. The lowest BCUT2D eigenvalue weighted by molar-refractivity contribution is 0.0982. The van der Waals surface area contributed by atoms with E-state index in [4.69, 9.17) is 10.00 Å². The topological polar surface area (TPSA) is 53.3 Å². The predicted molar refractivity (Wildman–Crippen MR) is 62.0 cm³/mol. The van der Waals surface area contributed by atoms with Crippen molar-refractivity contribution in [1.29, 1.82) is 5.26 Å². The summed E-state index contributed by atoms with van der Waals surface area (Å²) in [7, 11) is 0. The summed E-state index contributed by atoms with van der Waals surface area (Å²) < 4.78 is 5.18. The zero-order valence-corrected chi connectivity index (χ0v) is 9.50. The van der Waals surface area contributed by atoms with E-state index in [1.165, 1.54) is 4.90 Å². The van der Waals surface area contributed by atoms with Crippen molar-refractivity contribution in [2.45, 2.75) is 25.5 Å². The Labute approximate surface area is 100 Å². The Morgan fingerprint density at radius 1 is 1.47 bits per heavy atom. The zero-order chi connectivity index (χ0) is 12.1. The molecule has 1 heterocycles. The highest BCUT2D eigenvalue weighted by Gasteiger charge is 2.29. The molecule has 0 saturated carbocycles. The molecule has 1 aromatic carbocycles. The lowest BCUT2D eigenvalue weighted by atomic mass is 10.2. The van der Waals surface area contributed by atoms with Crippen LogP contribution in [0.2, 0.25) is 0 Å². The van der Waals surface area contributed by atoms with E-state index in [1.54, 1.807) is 0 Å². The van der Waals surface area contributed by atoms with Crippen LogP contribution in [0.4, 0.5) is 4.79 Å². The van der Waals surface area contributed by atoms with Crippen molar-refractivity contribution in [3.63, 3.8) is 0 Å². The molecule has 17 heavy (non-hydrogen) atoms. The van der Waals surface area contributed by atoms with Gasteiger partial charge in [0.05, 0.1) is 6.07 Å². The largest absolute Gasteiger partial charge is 0.445 e. The minimum absolute atomic E-state index is 0.258. The van der Waals surface area contributed by atoms with Crippen LogP contribution in [0.15, 0.2) is 30.3 Å². The van der Waals surface area contributed by atoms with Gasteiger partial charge in [0, 0.05) is 6.54 Å². The third-order valence-corrected chi connectivity index (χ3v) is 2.84. The summed E-state index contributed by atoms with van der Waals surface area (Å²) in [5.41, 5.74) is 0.952. The van der Waals surface area contributed by atoms with Gasteiger partial charge < -0.3 is 4.74 Å². The number of benzene rings is 1. The molecule has 0 aliphatic carbocycles. The van der Waals surface area contributed by atoms with Crippen LogP contribution in [-0.2, 0) is 11.3 Å². The maximum atomic E-state index is 11.7. The number of carbonyl (C=O) groups is 1. The standard InChI is InChI=1S/C13H14N2O2/c14-9-12-7-4-8-15(12)13(16)17-10-11-5-2-1-3-6-11/h1-3,5-6,12H,4,7-8,10H2/t12-/m1/s1. The molecule has 0 aromatic heterocycles. The fourth-order valence-electron chi connectivity index (χ4n) is 1.92. The molecule has 1 aliphatic rings. The van der Waals surface area contributed by atoms with Crippen molar-refractivity contribution in [3.05, 3.63) is 35.9 Å². The average Bonchev–Trinajstić information content (AvgIpc) is 2.85. The van der Waals surface area contributed by atoms with Gasteiger partial charge in [-0.15, -0.1) is 0 Å². The van der Waals surface area contributed by atoms with Gasteiger partial charge in [0.15, 0.2) is 0 Å². The number of carbonyl (C=O) groups excluding carboxylic acids is 1. The van der Waals surface area contributed by atoms with Crippen molar-refractivity contribution < 1.29 is 9.53 Å². The highest BCUT2D eigenvalue weighted by atomic mass is 16.6. The average molecular weight is 230 g/mol. The Hall–Kier alpha value is -2.02. The highest BCUT2D eigenvalue weighted by Crippen LogP contribution is 2.17. The Morgan fingerprint density at radius 3 is 2.94 bits per heavy atom. The minimum atomic E-state index is -0.391. The monoisotopic (exact) mass is 230 g/mol. The number of ether oxygens (including phenoxy) is 1. The Kier molecular flexibility index (Phi) is 3.61. The van der Waals surface area contributed by atoms with Crippen LogP contribution >= 0.6 is 0 Å². The van der Waals surface area contributed by atoms with Gasteiger partial charge in [0.25, 0.3) is 0 Å². The molecule has 1 amide bonds. The third-order valence-electron chi connectivity index (χ3n) is 2.84. The number of nitriles is 1. The first-order valence-electron chi connectivity index (χ1n) is 5.68. The van der Waals surface area contributed by atoms with Crippen molar-refractivity contribution in [2.75, 3.05) is 6.54 Å². The second-order valence-corrected chi connectivity index (χ2v) is 4.02. The van der Waals surface area contributed by atoms with Crippen molar-refractivity contribution in [2.24, 2.45) is 0 Å². The lowest BCUT2D eigenvalue weighted by Gasteiger charge is -2.18. The van der Waals surface area contributed by atoms with Crippen LogP contribution in [0, 0.1) is 11.3 Å². The molecule has 88 valence electrons. The second kappa shape index (κ2) is 5.35. The summed E-state index contributed by atoms with van der Waals surface area (Å²) in [4.78, 5) is 13.2. The van der Waals surface area contributed by atoms with Gasteiger partial charge in [-0.1, -0.05) is 30.3 Å². The molecule has 0 radical (unpaired) electrons. The predicted octanol–water partition coefficient (Wildman–Crippen LogP) is 2.31. The third kappa shape index (κ3) is 2.76. The molecule has 0 spiro atoms. The molecule has 1 fully saturated rings. The van der Waals surface area contributed by atoms with Gasteiger partial charge in [0.2, 0.25) is 0 Å². The van der Waals surface area contributed by atoms with Gasteiger partial charge in [-0.05, 0) is 18.4 Å². The quantitative estimate of drug-likeness (QED) is 0.783. The molecule has 4 nitrogen and oxygen atoms in total. The van der Waals surface area contributed by atoms with E-state index in [9.17, 15) is 4.79 Å². The molecule has 0 N–H and O–H groups in total. The number of rotatable bonds is 2. The summed E-state index contributed by atoms with van der Waals surface area (Å²) in [6.45, 7) is 0.875. The smallest absolute Gasteiger partial charge is 0.411 e. The number of likely N-dealkylation sites (tertiary alicyclic amines) is 1. The first-order chi connectivity index (χ1) is 8.31. The fourth-order valence-corrected chi connectivity index (χ4v) is 1.92. The Balaban J connectivity index is 1.88. The minimum Gasteiger partial charge on any atom is -0.445 e. The molecule has 4 heteroatoms. The van der Waals surface area contributed by atoms with Gasteiger partial charge >= 0.3 is 6.09 Å². The van der Waals surface area contributed by atoms with Crippen LogP contribution < -0.4 is 0 Å². The molecule has 0 unspecified atom stereocenters. The van der Waals surface area contributed by atoms with Crippen molar-refractivity contribution in [3.8, 4) is 6.07 Å². The van der Waals surface area contributed by atoms with Gasteiger partial charge in [-0.2, -0.15) is 5.26 Å². The Bertz CT molecular complexity index is 425. The van der Waals surface area contributed by atoms with Crippen LogP contribution in [0.25, 0.3) is 0 Å². The lowest BCUT2D eigenvalue weighted by Crippen LogP contribution is -2.34. The van der Waals surface area contributed by atoms with E-state index >= 15 is 0 Å². The van der Waals surface area contributed by atoms with Crippen LogP contribution in [0.1, 0.15) is 18.4 Å². The van der Waals surface area contributed by atoms with Gasteiger partial charge in [-0.25, -0.2) is 4.79 Å². The molecular weight excluding hydrogens is 216 g/mol. The highest BCUT2D eigenvalue weighted by molar-refractivity contribution is 5.69. The zero-order valence-electron chi connectivity index (χ0n) is 9.50. The summed E-state index contributed by atoms with van der Waals surface area (Å²) in [5.74, 6) is 0. The normalized spacial score (nSPS) is 18.8. The van der Waals surface area contributed by atoms with Crippen molar-refractivity contribution in [1.82, 2.24) is 4.90 Å². The summed E-state index contributed by atoms with van der Waals surface area (Å²) in [6, 6.07) is 11.3. The van der Waals surface area contributed by atoms with Crippen LogP contribution in [0.3, 0.4) is 0 Å². The molecule has 1 aliphatic heterocycles. The molecular formula is C13H14N2O2. The SMILES string of the molecule is N#C[C@H]1CCCN1C(=O)OCc1ccccc1. The molecule has 0 bridgehead atoms. The molecule has 1 saturated heterocycles. The van der Waals surface area contributed by atoms with E-state index in [1.807, 2.05) is 30.3 Å². The first-order valence-corrected chi connectivity index (χ1v) is 5.68. The van der Waals surface area contributed by atoms with E-state index in [0.29, 0.717) is 6.54 Å². The maximum absolute atomic E-state index is 11.7. The first kappa shape index (κ1) is 11.5. The van der Waals surface area contributed by atoms with E-state index < -0.39 is 6.09 Å². The number of nitrogens with zero attached hydrogens (tertiary/aromatic N) is 2. The number of amides is 1. The van der Waals surface area contributed by atoms with Gasteiger partial charge in [0.1, 0.15) is 12.6 Å². The van der Waals surface area contributed by atoms with Crippen LogP contribution in [-0.4, -0.2) is 23.6 Å². The second-order valence-electron chi connectivity index (χ2n) is 4.02. The number of hydrogen-bond donors (Lipinski definition) is 0. The Morgan fingerprint density at radius 2 is 2.24 bits per heavy atom. The van der Waals surface area contributed by atoms with Crippen LogP contribution in [0.5, 0.6) is 0 Å². The maximum Gasteiger partial charge on any atom is 0.411 e. The van der Waals surface area contributed by atoms with Crippen molar-refractivity contribution >= 4 is 6.09 Å². The summed E-state index contributed by atoms with van der Waals surface area (Å²) in [6.07, 6.45) is 1.23. The molecule has 1 aromatic rings. The van der Waals surface area contributed by atoms with E-state index in [-0.39, 0.29) is 12.6 Å². The molecule has 1 atom stereocenters. The molecule has 2 rings (SSSR count). The summed E-state index contributed by atoms with van der Waals surface area (Å²) in [5, 5.41) is 8.87. The van der Waals surface area contributed by atoms with E-state index in [0.717, 1.165) is 18.4 Å².